The van der Waals surface area contributed by atoms with E-state index in [4.69, 9.17) is 16.3 Å². The molecule has 0 unspecified atom stereocenters. The van der Waals surface area contributed by atoms with E-state index in [0.29, 0.717) is 16.3 Å². The quantitative estimate of drug-likeness (QED) is 0.107. The van der Waals surface area contributed by atoms with Crippen LogP contribution < -0.4 is 31.3 Å². The Kier molecular flexibility index (Phi) is 11.1. The van der Waals surface area contributed by atoms with Gasteiger partial charge in [0.25, 0.3) is 5.91 Å². The maximum absolute atomic E-state index is 12.9. The molecule has 1 aliphatic carbocycles. The number of hydrogen-bond donors (Lipinski definition) is 5. The van der Waals surface area contributed by atoms with Crippen molar-refractivity contribution in [1.29, 1.82) is 5.26 Å². The van der Waals surface area contributed by atoms with Gasteiger partial charge in [0.1, 0.15) is 6.07 Å². The van der Waals surface area contributed by atoms with Crippen LogP contribution in [0.4, 0.5) is 36.4 Å². The average Bonchev–Trinajstić information content (AvgIpc) is 3.89. The number of halogens is 4. The first-order chi connectivity index (χ1) is 24.6. The van der Waals surface area contributed by atoms with Gasteiger partial charge in [0.15, 0.2) is 6.61 Å². The first-order valence-electron chi connectivity index (χ1n) is 15.9. The Morgan fingerprint density at radius 1 is 0.885 bits per heavy atom. The van der Waals surface area contributed by atoms with Crippen molar-refractivity contribution >= 4 is 52.6 Å². The van der Waals surface area contributed by atoms with Gasteiger partial charge in [-0.25, -0.2) is 0 Å². The Hall–Kier alpha value is -5.95. The van der Waals surface area contributed by atoms with Crippen LogP contribution in [0.25, 0.3) is 0 Å². The van der Waals surface area contributed by atoms with Gasteiger partial charge in [0.05, 0.1) is 16.8 Å². The fourth-order valence-corrected chi connectivity index (χ4v) is 4.99. The molecule has 3 amide bonds. The highest BCUT2D eigenvalue weighted by molar-refractivity contribution is 6.39. The lowest BCUT2D eigenvalue weighted by Gasteiger charge is -2.25. The van der Waals surface area contributed by atoms with Gasteiger partial charge in [0.2, 0.25) is 11.9 Å². The molecule has 1 saturated carbocycles. The molecular weight excluding hydrogens is 703 g/mol. The van der Waals surface area contributed by atoms with Crippen LogP contribution >= 0.6 is 11.6 Å². The molecule has 1 heterocycles. The Morgan fingerprint density at radius 2 is 1.54 bits per heavy atom. The van der Waals surface area contributed by atoms with Gasteiger partial charge in [-0.05, 0) is 72.4 Å². The van der Waals surface area contributed by atoms with Gasteiger partial charge in [-0.2, -0.15) is 33.4 Å². The first kappa shape index (κ1) is 37.3. The van der Waals surface area contributed by atoms with E-state index in [0.717, 1.165) is 18.4 Å². The third-order valence-electron chi connectivity index (χ3n) is 7.84. The molecule has 0 saturated heterocycles. The van der Waals surface area contributed by atoms with Crippen LogP contribution in [0.1, 0.15) is 48.2 Å². The highest BCUT2D eigenvalue weighted by Gasteiger charge is 2.45. The van der Waals surface area contributed by atoms with Gasteiger partial charge < -0.3 is 31.3 Å². The minimum Gasteiger partial charge on any atom is -0.454 e. The van der Waals surface area contributed by atoms with Crippen LogP contribution in [0, 0.1) is 16.7 Å². The van der Waals surface area contributed by atoms with E-state index in [9.17, 15) is 32.8 Å². The molecular formula is C35H33ClF3N9O4. The van der Waals surface area contributed by atoms with E-state index < -0.39 is 47.5 Å². The molecule has 3 aromatic carbocycles. The third-order valence-corrected chi connectivity index (χ3v) is 8.09. The standard InChI is InChI=1S/C35H33ClF3N9O4/c1-33(2,19-42-28(50)29(51)44-26-6-4-3-5-22(26)17-40)18-41-27(49)21-7-13-25(14-8-21)43-30-45-31(47-32(46-30)52-20-35(37,38)39)48-34(15-16-34)23-9-11-24(36)12-10-23/h3-14H,15-16,18-20H2,1-2H3,(H,41,49)(H,42,50)(H,44,51)(H2,43,45,46,47,48). The predicted octanol–water partition coefficient (Wildman–Crippen LogP) is 5.69. The monoisotopic (exact) mass is 735 g/mol. The summed E-state index contributed by atoms with van der Waals surface area (Å²) in [7, 11) is 0. The molecule has 1 aliphatic rings. The van der Waals surface area contributed by atoms with Crippen molar-refractivity contribution in [3.63, 3.8) is 0 Å². The number of aromatic nitrogens is 3. The summed E-state index contributed by atoms with van der Waals surface area (Å²) in [6.45, 7) is 2.17. The van der Waals surface area contributed by atoms with Crippen LogP contribution in [-0.4, -0.2) is 58.5 Å². The summed E-state index contributed by atoms with van der Waals surface area (Å²) in [5, 5.41) is 23.6. The fourth-order valence-electron chi connectivity index (χ4n) is 4.86. The lowest BCUT2D eigenvalue weighted by molar-refractivity contribution is -0.154. The molecule has 0 aliphatic heterocycles. The summed E-state index contributed by atoms with van der Waals surface area (Å²) < 4.78 is 43.6. The average molecular weight is 736 g/mol. The van der Waals surface area contributed by atoms with Crippen molar-refractivity contribution in [2.45, 2.75) is 38.4 Å². The van der Waals surface area contributed by atoms with Crippen molar-refractivity contribution in [2.24, 2.45) is 5.41 Å². The van der Waals surface area contributed by atoms with Crippen molar-refractivity contribution in [1.82, 2.24) is 25.6 Å². The SMILES string of the molecule is CC(C)(CNC(=O)C(=O)Nc1ccccc1C#N)CNC(=O)c1ccc(Nc2nc(NC3(c4ccc(Cl)cc4)CC3)nc(OCC(F)(F)F)n2)cc1. The number of carbonyl (C=O) groups excluding carboxylic acids is 3. The lowest BCUT2D eigenvalue weighted by atomic mass is 9.93. The zero-order valence-corrected chi connectivity index (χ0v) is 28.7. The number of hydrogen-bond acceptors (Lipinski definition) is 10. The second-order valence-electron chi connectivity index (χ2n) is 12.7. The van der Waals surface area contributed by atoms with E-state index in [1.165, 1.54) is 24.3 Å². The number of alkyl halides is 3. The number of nitriles is 1. The number of carbonyl (C=O) groups is 3. The maximum Gasteiger partial charge on any atom is 0.422 e. The summed E-state index contributed by atoms with van der Waals surface area (Å²) in [6, 6.07) is 21.0. The van der Waals surface area contributed by atoms with E-state index >= 15 is 0 Å². The molecule has 4 aromatic rings. The number of para-hydroxylation sites is 1. The Labute approximate surface area is 301 Å². The molecule has 1 fully saturated rings. The predicted molar refractivity (Wildman–Crippen MR) is 186 cm³/mol. The van der Waals surface area contributed by atoms with Crippen molar-refractivity contribution in [3.05, 3.63) is 94.5 Å². The van der Waals surface area contributed by atoms with Gasteiger partial charge in [-0.15, -0.1) is 0 Å². The Balaban J connectivity index is 1.17. The van der Waals surface area contributed by atoms with E-state index in [1.807, 2.05) is 18.2 Å². The Morgan fingerprint density at radius 3 is 2.19 bits per heavy atom. The largest absolute Gasteiger partial charge is 0.454 e. The lowest BCUT2D eigenvalue weighted by Crippen LogP contribution is -2.45. The molecule has 13 nitrogen and oxygen atoms in total. The molecule has 1 aromatic heterocycles. The summed E-state index contributed by atoms with van der Waals surface area (Å²) >= 11 is 6.03. The molecule has 17 heteroatoms. The number of rotatable bonds is 13. The molecule has 0 radical (unpaired) electrons. The second-order valence-corrected chi connectivity index (χ2v) is 13.2. The molecule has 5 rings (SSSR count). The van der Waals surface area contributed by atoms with E-state index in [2.05, 4.69) is 41.5 Å². The molecule has 0 spiro atoms. The summed E-state index contributed by atoms with van der Waals surface area (Å²) in [5.41, 5.74) is 0.877. The molecule has 5 N–H and O–H groups in total. The topological polar surface area (TPSA) is 183 Å². The minimum atomic E-state index is -4.61. The highest BCUT2D eigenvalue weighted by atomic mass is 35.5. The zero-order chi connectivity index (χ0) is 37.5. The van der Waals surface area contributed by atoms with Gasteiger partial charge >= 0.3 is 24.0 Å². The molecule has 0 atom stereocenters. The number of nitrogens with zero attached hydrogens (tertiary/aromatic N) is 4. The van der Waals surface area contributed by atoms with Crippen LogP contribution in [0.2, 0.25) is 5.02 Å². The van der Waals surface area contributed by atoms with Crippen LogP contribution in [0.5, 0.6) is 6.01 Å². The number of ether oxygens (including phenoxy) is 1. The Bertz CT molecular complexity index is 1980. The summed E-state index contributed by atoms with van der Waals surface area (Å²) in [4.78, 5) is 50.0. The zero-order valence-electron chi connectivity index (χ0n) is 27.9. The maximum atomic E-state index is 12.9. The minimum absolute atomic E-state index is 0.00175. The van der Waals surface area contributed by atoms with Crippen LogP contribution in [0.3, 0.4) is 0 Å². The smallest absolute Gasteiger partial charge is 0.422 e. The van der Waals surface area contributed by atoms with Gasteiger partial charge in [-0.3, -0.25) is 14.4 Å². The van der Waals surface area contributed by atoms with Crippen LogP contribution in [0.15, 0.2) is 72.8 Å². The molecule has 270 valence electrons. The highest BCUT2D eigenvalue weighted by Crippen LogP contribution is 2.48. The molecule has 52 heavy (non-hydrogen) atoms. The number of benzene rings is 3. The van der Waals surface area contributed by atoms with Gasteiger partial charge in [-0.1, -0.05) is 49.7 Å². The van der Waals surface area contributed by atoms with Crippen molar-refractivity contribution in [2.75, 3.05) is 35.6 Å². The van der Waals surface area contributed by atoms with Gasteiger partial charge in [0, 0.05) is 29.4 Å². The molecule has 0 bridgehead atoms. The second kappa shape index (κ2) is 15.5. The first-order valence-corrected chi connectivity index (χ1v) is 16.2. The normalized spacial score (nSPS) is 13.2. The summed E-state index contributed by atoms with van der Waals surface area (Å²) in [6.07, 6.45) is -3.15. The van der Waals surface area contributed by atoms with Crippen LogP contribution in [-0.2, 0) is 15.1 Å². The number of anilines is 4. The summed E-state index contributed by atoms with van der Waals surface area (Å²) in [5.74, 6) is -2.34. The van der Waals surface area contributed by atoms with E-state index in [1.54, 1.807) is 50.2 Å². The number of nitrogens with one attached hydrogen (secondary N) is 5. The fraction of sp³-hybridized carbons (Fsp3) is 0.286. The van der Waals surface area contributed by atoms with Crippen molar-refractivity contribution in [3.8, 4) is 12.1 Å². The number of amides is 3. The van der Waals surface area contributed by atoms with Crippen molar-refractivity contribution < 1.29 is 32.3 Å². The van der Waals surface area contributed by atoms with E-state index in [-0.39, 0.29) is 36.2 Å². The third kappa shape index (κ3) is 10.3.